The lowest BCUT2D eigenvalue weighted by atomic mass is 10.1. The lowest BCUT2D eigenvalue weighted by molar-refractivity contribution is -0.136. The van der Waals surface area contributed by atoms with Crippen LogP contribution in [0.15, 0.2) is 0 Å². The highest BCUT2D eigenvalue weighted by Gasteiger charge is 2.32. The summed E-state index contributed by atoms with van der Waals surface area (Å²) in [7, 11) is 0. The minimum Gasteiger partial charge on any atom is -0.340 e. The van der Waals surface area contributed by atoms with Gasteiger partial charge in [-0.25, -0.2) is 0 Å². The maximum atomic E-state index is 11.8. The molecule has 0 aromatic rings. The Morgan fingerprint density at radius 3 is 2.40 bits per heavy atom. The molecule has 1 aliphatic heterocycles. The minimum atomic E-state index is -0.0162. The van der Waals surface area contributed by atoms with Gasteiger partial charge in [-0.3, -0.25) is 9.69 Å². The number of hydrogen-bond donors (Lipinski definition) is 1. The van der Waals surface area contributed by atoms with E-state index in [1.165, 1.54) is 12.8 Å². The SMILES string of the molecule is CC(CN)C(=O)N1CCN(C2CC2)CC1. The molecule has 1 heterocycles. The van der Waals surface area contributed by atoms with Crippen LogP contribution >= 0.6 is 0 Å². The van der Waals surface area contributed by atoms with E-state index in [1.807, 2.05) is 11.8 Å². The first-order valence-corrected chi connectivity index (χ1v) is 5.95. The number of carbonyl (C=O) groups is 1. The number of hydrogen-bond acceptors (Lipinski definition) is 3. The van der Waals surface area contributed by atoms with Gasteiger partial charge in [0.25, 0.3) is 0 Å². The van der Waals surface area contributed by atoms with Crippen molar-refractivity contribution in [1.29, 1.82) is 0 Å². The predicted molar refractivity (Wildman–Crippen MR) is 59.4 cm³/mol. The molecule has 1 saturated heterocycles. The van der Waals surface area contributed by atoms with Gasteiger partial charge in [0.05, 0.1) is 0 Å². The van der Waals surface area contributed by atoms with Crippen LogP contribution in [0.3, 0.4) is 0 Å². The Morgan fingerprint density at radius 2 is 1.93 bits per heavy atom. The van der Waals surface area contributed by atoms with Gasteiger partial charge in [-0.15, -0.1) is 0 Å². The van der Waals surface area contributed by atoms with Crippen molar-refractivity contribution < 1.29 is 4.79 Å². The van der Waals surface area contributed by atoms with E-state index in [1.54, 1.807) is 0 Å². The molecule has 15 heavy (non-hydrogen) atoms. The monoisotopic (exact) mass is 211 g/mol. The number of amides is 1. The Morgan fingerprint density at radius 1 is 1.33 bits per heavy atom. The summed E-state index contributed by atoms with van der Waals surface area (Å²) in [6.45, 7) is 6.25. The van der Waals surface area contributed by atoms with Gasteiger partial charge in [0.15, 0.2) is 0 Å². The number of nitrogens with two attached hydrogens (primary N) is 1. The van der Waals surface area contributed by atoms with E-state index >= 15 is 0 Å². The van der Waals surface area contributed by atoms with E-state index in [4.69, 9.17) is 5.73 Å². The van der Waals surface area contributed by atoms with Gasteiger partial charge in [-0.05, 0) is 12.8 Å². The zero-order valence-corrected chi connectivity index (χ0v) is 9.48. The minimum absolute atomic E-state index is 0.0162. The number of piperazine rings is 1. The molecule has 1 aliphatic carbocycles. The smallest absolute Gasteiger partial charge is 0.226 e. The molecular formula is C11H21N3O. The van der Waals surface area contributed by atoms with Crippen LogP contribution in [-0.4, -0.2) is 54.5 Å². The third-order valence-electron chi connectivity index (χ3n) is 3.46. The third-order valence-corrected chi connectivity index (χ3v) is 3.46. The molecule has 2 aliphatic rings. The van der Waals surface area contributed by atoms with Crippen molar-refractivity contribution in [3.63, 3.8) is 0 Å². The fraction of sp³-hybridized carbons (Fsp3) is 0.909. The maximum Gasteiger partial charge on any atom is 0.226 e. The summed E-state index contributed by atoms with van der Waals surface area (Å²) in [5, 5.41) is 0. The van der Waals surface area contributed by atoms with Crippen molar-refractivity contribution in [2.45, 2.75) is 25.8 Å². The van der Waals surface area contributed by atoms with Gasteiger partial charge in [0.2, 0.25) is 5.91 Å². The molecule has 1 atom stereocenters. The van der Waals surface area contributed by atoms with E-state index in [9.17, 15) is 4.79 Å². The fourth-order valence-corrected chi connectivity index (χ4v) is 2.16. The first kappa shape index (κ1) is 10.9. The van der Waals surface area contributed by atoms with Crippen molar-refractivity contribution in [2.24, 2.45) is 11.7 Å². The van der Waals surface area contributed by atoms with Gasteiger partial charge in [0, 0.05) is 44.7 Å². The van der Waals surface area contributed by atoms with Crippen molar-refractivity contribution in [3.05, 3.63) is 0 Å². The first-order valence-electron chi connectivity index (χ1n) is 5.95. The summed E-state index contributed by atoms with van der Waals surface area (Å²) in [6, 6.07) is 0.828. The Bertz CT molecular complexity index is 232. The van der Waals surface area contributed by atoms with Gasteiger partial charge < -0.3 is 10.6 Å². The van der Waals surface area contributed by atoms with E-state index in [2.05, 4.69) is 4.90 Å². The molecule has 0 aromatic heterocycles. The quantitative estimate of drug-likeness (QED) is 0.708. The molecule has 4 nitrogen and oxygen atoms in total. The second kappa shape index (κ2) is 4.49. The van der Waals surface area contributed by atoms with Crippen LogP contribution in [0.1, 0.15) is 19.8 Å². The maximum absolute atomic E-state index is 11.8. The molecule has 0 bridgehead atoms. The molecule has 4 heteroatoms. The lowest BCUT2D eigenvalue weighted by Crippen LogP contribution is -2.51. The molecule has 2 fully saturated rings. The topological polar surface area (TPSA) is 49.6 Å². The molecule has 0 spiro atoms. The predicted octanol–water partition coefficient (Wildman–Crippen LogP) is -0.112. The molecule has 1 saturated carbocycles. The van der Waals surface area contributed by atoms with E-state index < -0.39 is 0 Å². The fourth-order valence-electron chi connectivity index (χ4n) is 2.16. The number of rotatable bonds is 3. The van der Waals surface area contributed by atoms with Crippen LogP contribution < -0.4 is 5.73 Å². The number of nitrogens with zero attached hydrogens (tertiary/aromatic N) is 2. The highest BCUT2D eigenvalue weighted by molar-refractivity contribution is 5.78. The van der Waals surface area contributed by atoms with E-state index in [0.29, 0.717) is 6.54 Å². The summed E-state index contributed by atoms with van der Waals surface area (Å²) >= 11 is 0. The summed E-state index contributed by atoms with van der Waals surface area (Å²) in [4.78, 5) is 16.3. The van der Waals surface area contributed by atoms with E-state index in [0.717, 1.165) is 32.2 Å². The molecule has 86 valence electrons. The summed E-state index contributed by atoms with van der Waals surface area (Å²) in [5.41, 5.74) is 5.51. The lowest BCUT2D eigenvalue weighted by Gasteiger charge is -2.35. The molecule has 0 aromatic carbocycles. The molecule has 2 rings (SSSR count). The second-order valence-corrected chi connectivity index (χ2v) is 4.73. The van der Waals surface area contributed by atoms with Crippen LogP contribution in [0.2, 0.25) is 0 Å². The molecule has 1 amide bonds. The zero-order valence-electron chi connectivity index (χ0n) is 9.48. The van der Waals surface area contributed by atoms with Crippen LogP contribution in [-0.2, 0) is 4.79 Å². The van der Waals surface area contributed by atoms with E-state index in [-0.39, 0.29) is 11.8 Å². The zero-order chi connectivity index (χ0) is 10.8. The Hall–Kier alpha value is -0.610. The number of carbonyl (C=O) groups excluding carboxylic acids is 1. The van der Waals surface area contributed by atoms with Crippen molar-refractivity contribution in [2.75, 3.05) is 32.7 Å². The average molecular weight is 211 g/mol. The van der Waals surface area contributed by atoms with Gasteiger partial charge >= 0.3 is 0 Å². The summed E-state index contributed by atoms with van der Waals surface area (Å²) in [6.07, 6.45) is 2.71. The van der Waals surface area contributed by atoms with Crippen LogP contribution in [0.25, 0.3) is 0 Å². The van der Waals surface area contributed by atoms with Gasteiger partial charge in [0.1, 0.15) is 0 Å². The van der Waals surface area contributed by atoms with Crippen molar-refractivity contribution >= 4 is 5.91 Å². The van der Waals surface area contributed by atoms with Gasteiger partial charge in [-0.1, -0.05) is 6.92 Å². The first-order chi connectivity index (χ1) is 7.22. The summed E-state index contributed by atoms with van der Waals surface area (Å²) in [5.74, 6) is 0.213. The summed E-state index contributed by atoms with van der Waals surface area (Å²) < 4.78 is 0. The molecule has 2 N–H and O–H groups in total. The Kier molecular flexibility index (Phi) is 3.26. The molecular weight excluding hydrogens is 190 g/mol. The molecule has 0 radical (unpaired) electrons. The van der Waals surface area contributed by atoms with Crippen LogP contribution in [0.4, 0.5) is 0 Å². The third kappa shape index (κ3) is 2.49. The van der Waals surface area contributed by atoms with Crippen molar-refractivity contribution in [1.82, 2.24) is 9.80 Å². The van der Waals surface area contributed by atoms with Crippen LogP contribution in [0.5, 0.6) is 0 Å². The van der Waals surface area contributed by atoms with Gasteiger partial charge in [-0.2, -0.15) is 0 Å². The Balaban J connectivity index is 1.79. The highest BCUT2D eigenvalue weighted by Crippen LogP contribution is 2.27. The Labute approximate surface area is 91.4 Å². The van der Waals surface area contributed by atoms with Crippen LogP contribution in [0, 0.1) is 5.92 Å². The normalized spacial score (nSPS) is 25.3. The highest BCUT2D eigenvalue weighted by atomic mass is 16.2. The second-order valence-electron chi connectivity index (χ2n) is 4.73. The average Bonchev–Trinajstić information content (AvgIpc) is 3.11. The standard InChI is InChI=1S/C11H21N3O/c1-9(8-12)11(15)14-6-4-13(5-7-14)10-2-3-10/h9-10H,2-8,12H2,1H3. The van der Waals surface area contributed by atoms with Crippen molar-refractivity contribution in [3.8, 4) is 0 Å². The largest absolute Gasteiger partial charge is 0.340 e. The molecule has 1 unspecified atom stereocenters.